The molecule has 2 aromatic rings. The van der Waals surface area contributed by atoms with Crippen molar-refractivity contribution >= 4 is 29.0 Å². The average Bonchev–Trinajstić information content (AvgIpc) is 3.23. The summed E-state index contributed by atoms with van der Waals surface area (Å²) < 4.78 is 5.16. The van der Waals surface area contributed by atoms with Gasteiger partial charge in [0.25, 0.3) is 5.91 Å². The van der Waals surface area contributed by atoms with Gasteiger partial charge in [-0.2, -0.15) is 5.10 Å². The monoisotopic (exact) mass is 363 g/mol. The summed E-state index contributed by atoms with van der Waals surface area (Å²) in [6.45, 7) is 0. The van der Waals surface area contributed by atoms with Crippen LogP contribution in [0, 0.1) is 5.92 Å². The molecular formula is C20H17N3O4. The molecule has 2 aliphatic rings. The summed E-state index contributed by atoms with van der Waals surface area (Å²) in [5, 5.41) is 4.00. The predicted octanol–water partition coefficient (Wildman–Crippen LogP) is 1.32. The van der Waals surface area contributed by atoms with Crippen molar-refractivity contribution in [1.82, 2.24) is 5.43 Å². The van der Waals surface area contributed by atoms with Gasteiger partial charge < -0.3 is 4.74 Å². The lowest BCUT2D eigenvalue weighted by atomic mass is 9.93. The van der Waals surface area contributed by atoms with E-state index in [1.54, 1.807) is 24.3 Å². The molecule has 0 aliphatic carbocycles. The Morgan fingerprint density at radius 2 is 1.89 bits per heavy atom. The first kappa shape index (κ1) is 17.0. The zero-order valence-electron chi connectivity index (χ0n) is 14.6. The fourth-order valence-electron chi connectivity index (χ4n) is 3.40. The second kappa shape index (κ2) is 6.68. The van der Waals surface area contributed by atoms with E-state index in [0.29, 0.717) is 11.4 Å². The van der Waals surface area contributed by atoms with Crippen molar-refractivity contribution in [3.63, 3.8) is 0 Å². The highest BCUT2D eigenvalue weighted by molar-refractivity contribution is 6.49. The quantitative estimate of drug-likeness (QED) is 0.810. The van der Waals surface area contributed by atoms with E-state index in [2.05, 4.69) is 10.5 Å². The summed E-state index contributed by atoms with van der Waals surface area (Å²) in [7, 11) is 1.51. The largest absolute Gasteiger partial charge is 0.497 e. The van der Waals surface area contributed by atoms with E-state index < -0.39 is 23.8 Å². The zero-order valence-corrected chi connectivity index (χ0v) is 14.6. The average molecular weight is 363 g/mol. The van der Waals surface area contributed by atoms with Crippen LogP contribution in [0.1, 0.15) is 5.56 Å². The molecule has 7 nitrogen and oxygen atoms in total. The van der Waals surface area contributed by atoms with Gasteiger partial charge in [0.2, 0.25) is 5.91 Å². The van der Waals surface area contributed by atoms with E-state index in [0.717, 1.165) is 10.5 Å². The van der Waals surface area contributed by atoms with Crippen LogP contribution in [-0.2, 0) is 20.8 Å². The molecule has 2 amide bonds. The van der Waals surface area contributed by atoms with Gasteiger partial charge in [-0.15, -0.1) is 0 Å². The number of nitrogens with one attached hydrogen (secondary N) is 1. The van der Waals surface area contributed by atoms with Crippen molar-refractivity contribution in [3.05, 3.63) is 60.2 Å². The number of methoxy groups -OCH3 is 1. The van der Waals surface area contributed by atoms with Crippen molar-refractivity contribution in [3.8, 4) is 5.75 Å². The van der Waals surface area contributed by atoms with E-state index in [4.69, 9.17) is 4.74 Å². The second-order valence-corrected chi connectivity index (χ2v) is 6.38. The number of hydrogen-bond donors (Lipinski definition) is 1. The first-order chi connectivity index (χ1) is 13.1. The van der Waals surface area contributed by atoms with Crippen molar-refractivity contribution < 1.29 is 19.1 Å². The molecule has 0 saturated carbocycles. The first-order valence-electron chi connectivity index (χ1n) is 8.52. The molecule has 1 fully saturated rings. The lowest BCUT2D eigenvalue weighted by molar-refractivity contribution is -0.122. The van der Waals surface area contributed by atoms with Crippen molar-refractivity contribution in [2.24, 2.45) is 11.0 Å². The molecule has 1 saturated heterocycles. The number of carbonyl (C=O) groups excluding carboxylic acids is 3. The van der Waals surface area contributed by atoms with Crippen LogP contribution >= 0.6 is 0 Å². The minimum Gasteiger partial charge on any atom is -0.497 e. The van der Waals surface area contributed by atoms with Crippen molar-refractivity contribution in [2.75, 3.05) is 12.0 Å². The summed E-state index contributed by atoms with van der Waals surface area (Å²) in [5.41, 5.74) is 4.01. The molecule has 0 aromatic heterocycles. The number of rotatable bonds is 5. The summed E-state index contributed by atoms with van der Waals surface area (Å²) in [4.78, 5) is 39.5. The van der Waals surface area contributed by atoms with E-state index in [1.807, 2.05) is 30.3 Å². The number of imide groups is 1. The summed E-state index contributed by atoms with van der Waals surface area (Å²) in [6, 6.07) is 15.1. The molecule has 2 atom stereocenters. The molecule has 27 heavy (non-hydrogen) atoms. The number of fused-ring (bicyclic) bond motifs is 1. The van der Waals surface area contributed by atoms with Gasteiger partial charge in [-0.05, 0) is 17.7 Å². The molecule has 0 unspecified atom stereocenters. The number of carbonyl (C=O) groups is 3. The van der Waals surface area contributed by atoms with E-state index in [-0.39, 0.29) is 17.9 Å². The van der Waals surface area contributed by atoms with Gasteiger partial charge in [0.1, 0.15) is 23.4 Å². The summed E-state index contributed by atoms with van der Waals surface area (Å²) in [6.07, 6.45) is 0.130. The van der Waals surface area contributed by atoms with Gasteiger partial charge >= 0.3 is 0 Å². The standard InChI is InChI=1S/C20H17N3O4/c1-27-14-9-5-8-13(11-14)23-19(25)16-17(21-22-18(16)20(23)26)15(24)10-12-6-3-2-4-7-12/h2-9,11,16,18,22H,10H2,1H3/t16-,18-/m0/s1. The molecule has 7 heteroatoms. The molecular weight excluding hydrogens is 346 g/mol. The Bertz CT molecular complexity index is 955. The number of benzene rings is 2. The van der Waals surface area contributed by atoms with E-state index in [9.17, 15) is 14.4 Å². The molecule has 1 N–H and O–H groups in total. The fraction of sp³-hybridized carbons (Fsp3) is 0.200. The molecule has 2 aliphatic heterocycles. The Kier molecular flexibility index (Phi) is 4.19. The molecule has 0 spiro atoms. The van der Waals surface area contributed by atoms with Crippen LogP contribution in [0.2, 0.25) is 0 Å². The van der Waals surface area contributed by atoms with Crippen LogP contribution in [-0.4, -0.2) is 36.5 Å². The number of ketones is 1. The smallest absolute Gasteiger partial charge is 0.259 e. The van der Waals surface area contributed by atoms with Crippen LogP contribution in [0.3, 0.4) is 0 Å². The number of anilines is 1. The van der Waals surface area contributed by atoms with Gasteiger partial charge in [-0.1, -0.05) is 36.4 Å². The number of hydrogen-bond acceptors (Lipinski definition) is 6. The van der Waals surface area contributed by atoms with Crippen LogP contribution in [0.15, 0.2) is 59.7 Å². The SMILES string of the molecule is COc1cccc(N2C(=O)[C@H]3C(C(=O)Cc4ccccc4)=NN[C@@H]3C2=O)c1. The first-order valence-corrected chi connectivity index (χ1v) is 8.52. The Hall–Kier alpha value is -3.48. The zero-order chi connectivity index (χ0) is 19.0. The Morgan fingerprint density at radius 3 is 2.63 bits per heavy atom. The molecule has 136 valence electrons. The maximum absolute atomic E-state index is 13.0. The third kappa shape index (κ3) is 2.87. The number of nitrogens with zero attached hydrogens (tertiary/aromatic N) is 2. The summed E-state index contributed by atoms with van der Waals surface area (Å²) >= 11 is 0. The fourth-order valence-corrected chi connectivity index (χ4v) is 3.40. The lowest BCUT2D eigenvalue weighted by Crippen LogP contribution is -2.36. The topological polar surface area (TPSA) is 88.1 Å². The molecule has 2 heterocycles. The number of hydrazone groups is 1. The highest BCUT2D eigenvalue weighted by atomic mass is 16.5. The minimum absolute atomic E-state index is 0.104. The number of ether oxygens (including phenoxy) is 1. The molecule has 0 radical (unpaired) electrons. The maximum atomic E-state index is 13.0. The Labute approximate surface area is 155 Å². The van der Waals surface area contributed by atoms with Gasteiger partial charge in [0.05, 0.1) is 12.8 Å². The minimum atomic E-state index is -0.903. The summed E-state index contributed by atoms with van der Waals surface area (Å²) in [5.74, 6) is -1.52. The molecule has 0 bridgehead atoms. The van der Waals surface area contributed by atoms with Crippen LogP contribution in [0.25, 0.3) is 0 Å². The van der Waals surface area contributed by atoms with Crippen LogP contribution in [0.4, 0.5) is 5.69 Å². The third-order valence-corrected chi connectivity index (χ3v) is 4.73. The van der Waals surface area contributed by atoms with Gasteiger partial charge in [-0.25, -0.2) is 4.90 Å². The Morgan fingerprint density at radius 1 is 1.11 bits per heavy atom. The van der Waals surface area contributed by atoms with Crippen LogP contribution in [0.5, 0.6) is 5.75 Å². The Balaban J connectivity index is 1.59. The predicted molar refractivity (Wildman–Crippen MR) is 98.5 cm³/mol. The number of amides is 2. The van der Waals surface area contributed by atoms with E-state index in [1.165, 1.54) is 7.11 Å². The lowest BCUT2D eigenvalue weighted by Gasteiger charge is -2.16. The highest BCUT2D eigenvalue weighted by Crippen LogP contribution is 2.32. The van der Waals surface area contributed by atoms with Crippen LogP contribution < -0.4 is 15.1 Å². The highest BCUT2D eigenvalue weighted by Gasteiger charge is 2.55. The molecule has 4 rings (SSSR count). The van der Waals surface area contributed by atoms with Gasteiger partial charge in [0.15, 0.2) is 5.78 Å². The maximum Gasteiger partial charge on any atom is 0.259 e. The number of Topliss-reactive ketones (excluding diaryl/α,β-unsaturated/α-hetero) is 1. The van der Waals surface area contributed by atoms with Crippen molar-refractivity contribution in [2.45, 2.75) is 12.5 Å². The third-order valence-electron chi connectivity index (χ3n) is 4.73. The van der Waals surface area contributed by atoms with E-state index >= 15 is 0 Å². The van der Waals surface area contributed by atoms with Gasteiger partial charge in [-0.3, -0.25) is 19.8 Å². The normalized spacial score (nSPS) is 20.9. The second-order valence-electron chi connectivity index (χ2n) is 6.38. The van der Waals surface area contributed by atoms with Gasteiger partial charge in [0, 0.05) is 12.5 Å². The molecule has 2 aromatic carbocycles. The van der Waals surface area contributed by atoms with Crippen molar-refractivity contribution in [1.29, 1.82) is 0 Å².